The Kier molecular flexibility index (Phi) is 6.74. The van der Waals surface area contributed by atoms with Gasteiger partial charge in [-0.3, -0.25) is 4.90 Å². The highest BCUT2D eigenvalue weighted by Crippen LogP contribution is 2.61. The second-order valence-electron chi connectivity index (χ2n) is 11.7. The van der Waals surface area contributed by atoms with Crippen molar-refractivity contribution in [2.75, 3.05) is 27.0 Å². The third-order valence-corrected chi connectivity index (χ3v) is 9.35. The maximum absolute atomic E-state index is 14.0. The van der Waals surface area contributed by atoms with E-state index in [1.807, 2.05) is 72.8 Å². The number of hydrogen-bond donors (Lipinski definition) is 1. The minimum absolute atomic E-state index is 0.0957. The Hall–Kier alpha value is -3.43. The number of esters is 1. The van der Waals surface area contributed by atoms with Crippen LogP contribution >= 0.6 is 0 Å². The number of carbonyl (C=O) groups excluding carboxylic acids is 1. The van der Waals surface area contributed by atoms with E-state index in [0.717, 1.165) is 41.6 Å². The molecule has 4 atom stereocenters. The van der Waals surface area contributed by atoms with Gasteiger partial charge in [-0.1, -0.05) is 60.7 Å². The van der Waals surface area contributed by atoms with Gasteiger partial charge in [0.2, 0.25) is 6.79 Å². The number of benzene rings is 3. The second-order valence-corrected chi connectivity index (χ2v) is 11.7. The highest BCUT2D eigenvalue weighted by Gasteiger charge is 2.64. The van der Waals surface area contributed by atoms with Crippen LogP contribution in [0.1, 0.15) is 53.5 Å². The van der Waals surface area contributed by atoms with E-state index in [4.69, 9.17) is 24.0 Å². The molecule has 41 heavy (non-hydrogen) atoms. The summed E-state index contributed by atoms with van der Waals surface area (Å²) in [5.74, 6) is 0.674. The van der Waals surface area contributed by atoms with E-state index in [1.54, 1.807) is 0 Å². The number of aliphatic hydroxyl groups is 1. The molecule has 2 fully saturated rings. The van der Waals surface area contributed by atoms with Gasteiger partial charge in [0.25, 0.3) is 0 Å². The summed E-state index contributed by atoms with van der Waals surface area (Å²) in [5.41, 5.74) is 1.86. The monoisotopic (exact) mass is 557 g/mol. The van der Waals surface area contributed by atoms with E-state index in [0.29, 0.717) is 24.5 Å². The van der Waals surface area contributed by atoms with Crippen molar-refractivity contribution < 1.29 is 33.9 Å². The van der Waals surface area contributed by atoms with Crippen LogP contribution in [0.15, 0.2) is 72.8 Å². The summed E-state index contributed by atoms with van der Waals surface area (Å²) in [7, 11) is 1.52. The molecule has 3 aromatic carbocycles. The molecule has 1 saturated heterocycles. The van der Waals surface area contributed by atoms with Gasteiger partial charge in [-0.15, -0.1) is 0 Å². The molecule has 0 aromatic heterocycles. The molecule has 0 bridgehead atoms. The van der Waals surface area contributed by atoms with E-state index < -0.39 is 17.7 Å². The number of nitrogens with zero attached hydrogens (tertiary/aromatic N) is 1. The van der Waals surface area contributed by atoms with Crippen molar-refractivity contribution in [1.29, 1.82) is 0 Å². The Bertz CT molecular complexity index is 1370. The van der Waals surface area contributed by atoms with Crippen LogP contribution in [0.5, 0.6) is 11.5 Å². The van der Waals surface area contributed by atoms with Crippen LogP contribution in [-0.4, -0.2) is 60.2 Å². The summed E-state index contributed by atoms with van der Waals surface area (Å²) in [6.07, 6.45) is 2.35. The molecule has 1 spiro atoms. The van der Waals surface area contributed by atoms with Crippen LogP contribution in [0.3, 0.4) is 0 Å². The molecule has 3 aliphatic heterocycles. The quantitative estimate of drug-likeness (QED) is 0.246. The lowest BCUT2D eigenvalue weighted by Gasteiger charge is -2.56. The maximum Gasteiger partial charge on any atom is 0.339 e. The molecule has 1 unspecified atom stereocenters. The van der Waals surface area contributed by atoms with Gasteiger partial charge < -0.3 is 19.3 Å². The van der Waals surface area contributed by atoms with Crippen molar-refractivity contribution in [3.8, 4) is 11.5 Å². The van der Waals surface area contributed by atoms with Gasteiger partial charge >= 0.3 is 5.97 Å². The summed E-state index contributed by atoms with van der Waals surface area (Å²) in [6, 6.07) is 23.2. The molecule has 8 heteroatoms. The molecule has 214 valence electrons. The maximum atomic E-state index is 14.0. The standard InChI is InChI=1S/C33H35NO7/c1-37-41-29-20-34-14-8-13-32(34)19-28(30(32)25-16-27-26(15-24(25)29)38-21-39-27)40-31(35)33(36,17-22-9-4-2-5-10-22)18-23-11-6-3-7-12-23/h2-7,9-12,15-16,28-30,36H,8,13-14,17-21H2,1H3/t28-,29?,30-,32+/m1/s1. The summed E-state index contributed by atoms with van der Waals surface area (Å²) < 4.78 is 17.8. The smallest absolute Gasteiger partial charge is 0.339 e. The molecule has 8 nitrogen and oxygen atoms in total. The van der Waals surface area contributed by atoms with Crippen molar-refractivity contribution in [3.63, 3.8) is 0 Å². The minimum atomic E-state index is -1.72. The first-order valence-electron chi connectivity index (χ1n) is 14.4. The average molecular weight is 558 g/mol. The van der Waals surface area contributed by atoms with Crippen LogP contribution < -0.4 is 9.47 Å². The van der Waals surface area contributed by atoms with Crippen LogP contribution in [0.4, 0.5) is 0 Å². The van der Waals surface area contributed by atoms with Crippen molar-refractivity contribution in [3.05, 3.63) is 95.1 Å². The van der Waals surface area contributed by atoms with E-state index in [2.05, 4.69) is 4.90 Å². The lowest BCUT2D eigenvalue weighted by Crippen LogP contribution is -2.64. The van der Waals surface area contributed by atoms with Crippen LogP contribution in [0.2, 0.25) is 0 Å². The highest BCUT2D eigenvalue weighted by molar-refractivity contribution is 5.80. The molecule has 3 aromatic rings. The average Bonchev–Trinajstić information content (AvgIpc) is 3.59. The Labute approximate surface area is 239 Å². The molecular weight excluding hydrogens is 522 g/mol. The SMILES string of the molecule is COOC1CN2CCC[C@@]23C[C@@H](OC(=O)C(O)(Cc2ccccc2)Cc2ccccc2)[C@H]3c2cc3c(cc21)OCO3. The fourth-order valence-electron chi connectivity index (χ4n) is 7.53. The van der Waals surface area contributed by atoms with Crippen molar-refractivity contribution in [2.45, 2.75) is 61.4 Å². The molecule has 0 amide bonds. The zero-order valence-electron chi connectivity index (χ0n) is 23.2. The molecule has 1 saturated carbocycles. The molecule has 1 N–H and O–H groups in total. The summed E-state index contributed by atoms with van der Waals surface area (Å²) in [5, 5.41) is 12.0. The fraction of sp³-hybridized carbons (Fsp3) is 0.424. The third-order valence-electron chi connectivity index (χ3n) is 9.35. The Morgan fingerprint density at radius 1 is 1.00 bits per heavy atom. The predicted octanol–water partition coefficient (Wildman–Crippen LogP) is 4.50. The molecular formula is C33H35NO7. The van der Waals surface area contributed by atoms with E-state index >= 15 is 0 Å². The molecule has 0 radical (unpaired) electrons. The summed E-state index contributed by atoms with van der Waals surface area (Å²) >= 11 is 0. The van der Waals surface area contributed by atoms with Crippen LogP contribution in [0.25, 0.3) is 0 Å². The van der Waals surface area contributed by atoms with Gasteiger partial charge in [0.1, 0.15) is 12.2 Å². The zero-order chi connectivity index (χ0) is 28.0. The molecule has 7 rings (SSSR count). The predicted molar refractivity (Wildman–Crippen MR) is 149 cm³/mol. The Morgan fingerprint density at radius 3 is 2.27 bits per heavy atom. The van der Waals surface area contributed by atoms with E-state index in [-0.39, 0.29) is 37.2 Å². The molecule has 1 aliphatic carbocycles. The summed E-state index contributed by atoms with van der Waals surface area (Å²) in [6.45, 7) is 1.78. The van der Waals surface area contributed by atoms with E-state index in [1.165, 1.54) is 7.11 Å². The Balaban J connectivity index is 1.23. The Morgan fingerprint density at radius 2 is 1.63 bits per heavy atom. The number of ether oxygens (including phenoxy) is 3. The van der Waals surface area contributed by atoms with E-state index in [9.17, 15) is 9.90 Å². The number of rotatable bonds is 8. The topological polar surface area (TPSA) is 86.7 Å². The van der Waals surface area contributed by atoms with Crippen LogP contribution in [0, 0.1) is 0 Å². The van der Waals surface area contributed by atoms with Crippen molar-refractivity contribution >= 4 is 5.97 Å². The summed E-state index contributed by atoms with van der Waals surface area (Å²) in [4.78, 5) is 27.5. The number of fused-ring (bicyclic) bond motifs is 3. The van der Waals surface area contributed by atoms with Gasteiger partial charge in [0.05, 0.1) is 7.11 Å². The first-order chi connectivity index (χ1) is 20.0. The van der Waals surface area contributed by atoms with Gasteiger partial charge in [-0.25, -0.2) is 14.6 Å². The van der Waals surface area contributed by atoms with Crippen molar-refractivity contribution in [2.24, 2.45) is 0 Å². The fourth-order valence-corrected chi connectivity index (χ4v) is 7.53. The first kappa shape index (κ1) is 26.5. The lowest BCUT2D eigenvalue weighted by atomic mass is 9.59. The second kappa shape index (κ2) is 10.4. The van der Waals surface area contributed by atoms with Gasteiger partial charge in [-0.2, -0.15) is 0 Å². The van der Waals surface area contributed by atoms with Crippen molar-refractivity contribution in [1.82, 2.24) is 4.90 Å². The third kappa shape index (κ3) is 4.59. The normalized spacial score (nSPS) is 26.3. The lowest BCUT2D eigenvalue weighted by molar-refractivity contribution is -0.311. The van der Waals surface area contributed by atoms with Gasteiger partial charge in [0, 0.05) is 37.3 Å². The largest absolute Gasteiger partial charge is 0.459 e. The number of carbonyl (C=O) groups is 1. The van der Waals surface area contributed by atoms with Gasteiger partial charge in [0.15, 0.2) is 17.1 Å². The first-order valence-corrected chi connectivity index (χ1v) is 14.4. The zero-order valence-corrected chi connectivity index (χ0v) is 23.2. The molecule has 3 heterocycles. The van der Waals surface area contributed by atoms with Gasteiger partial charge in [-0.05, 0) is 53.8 Å². The highest BCUT2D eigenvalue weighted by atomic mass is 17.2. The van der Waals surface area contributed by atoms with Crippen LogP contribution in [-0.2, 0) is 32.1 Å². The number of hydrogen-bond acceptors (Lipinski definition) is 8. The minimum Gasteiger partial charge on any atom is -0.459 e. The molecule has 4 aliphatic rings.